The molecule has 3 aromatic rings. The molecule has 0 aliphatic heterocycles. The maximum atomic E-state index is 12.5. The number of carbonyl (C=O) groups is 2. The summed E-state index contributed by atoms with van der Waals surface area (Å²) in [5.74, 6) is 0.764. The van der Waals surface area contributed by atoms with Gasteiger partial charge in [0.05, 0.1) is 29.5 Å². The van der Waals surface area contributed by atoms with Gasteiger partial charge in [0.2, 0.25) is 11.8 Å². The molecule has 0 saturated carbocycles. The second-order valence-corrected chi connectivity index (χ2v) is 8.73. The predicted octanol–water partition coefficient (Wildman–Crippen LogP) is 5.08. The molecule has 1 aromatic heterocycles. The second-order valence-electron chi connectivity index (χ2n) is 6.94. The van der Waals surface area contributed by atoms with Crippen molar-refractivity contribution in [2.45, 2.75) is 25.0 Å². The fraction of sp³-hybridized carbons (Fsp3) is 0.217. The number of ether oxygens (including phenoxy) is 1. The van der Waals surface area contributed by atoms with Crippen LogP contribution in [-0.4, -0.2) is 38.9 Å². The molecule has 0 unspecified atom stereocenters. The van der Waals surface area contributed by atoms with E-state index in [1.54, 1.807) is 53.1 Å². The van der Waals surface area contributed by atoms with Crippen LogP contribution in [0.3, 0.4) is 0 Å². The molecule has 0 aliphatic carbocycles. The monoisotopic (exact) mass is 519 g/mol. The van der Waals surface area contributed by atoms with Gasteiger partial charge in [-0.1, -0.05) is 41.0 Å². The van der Waals surface area contributed by atoms with E-state index in [2.05, 4.69) is 27.4 Å². The average Bonchev–Trinajstić information content (AvgIpc) is 3.17. The second kappa shape index (κ2) is 12.5. The first-order valence-electron chi connectivity index (χ1n) is 10.3. The van der Waals surface area contributed by atoms with Gasteiger partial charge in [-0.2, -0.15) is 0 Å². The topological polar surface area (TPSA) is 98.1 Å². The van der Waals surface area contributed by atoms with E-state index in [9.17, 15) is 9.59 Å². The van der Waals surface area contributed by atoms with Gasteiger partial charge in [0, 0.05) is 17.3 Å². The Labute approximate surface area is 211 Å². The molecule has 1 heterocycles. The van der Waals surface area contributed by atoms with E-state index in [0.717, 1.165) is 5.75 Å². The van der Waals surface area contributed by atoms with Crippen LogP contribution in [0.1, 0.15) is 12.7 Å². The number of benzene rings is 2. The van der Waals surface area contributed by atoms with Gasteiger partial charge in [0.15, 0.2) is 5.16 Å². The highest BCUT2D eigenvalue weighted by molar-refractivity contribution is 7.99. The minimum absolute atomic E-state index is 0.0151. The number of amides is 2. The van der Waals surface area contributed by atoms with Crippen LogP contribution in [0.4, 0.5) is 11.4 Å². The summed E-state index contributed by atoms with van der Waals surface area (Å²) < 4.78 is 7.15. The molecule has 0 fully saturated rings. The Kier molecular flexibility index (Phi) is 9.38. The van der Waals surface area contributed by atoms with Gasteiger partial charge in [-0.15, -0.1) is 16.8 Å². The molecule has 2 amide bonds. The van der Waals surface area contributed by atoms with Crippen molar-refractivity contribution in [3.8, 4) is 5.75 Å². The van der Waals surface area contributed by atoms with Gasteiger partial charge in [0.25, 0.3) is 0 Å². The zero-order valence-corrected chi connectivity index (χ0v) is 20.7. The number of halogens is 2. The average molecular weight is 520 g/mol. The normalized spacial score (nSPS) is 10.6. The highest BCUT2D eigenvalue weighted by atomic mass is 35.5. The third-order valence-electron chi connectivity index (χ3n) is 4.41. The van der Waals surface area contributed by atoms with Gasteiger partial charge in [-0.05, 0) is 49.4 Å². The largest absolute Gasteiger partial charge is 0.494 e. The molecule has 2 aromatic carbocycles. The quantitative estimate of drug-likeness (QED) is 0.270. The minimum atomic E-state index is -0.267. The number of hydrogen-bond acceptors (Lipinski definition) is 6. The number of nitrogens with one attached hydrogen (secondary N) is 2. The summed E-state index contributed by atoms with van der Waals surface area (Å²) in [5, 5.41) is 15.2. The summed E-state index contributed by atoms with van der Waals surface area (Å²) in [6.07, 6.45) is 1.69. The summed E-state index contributed by atoms with van der Waals surface area (Å²) in [7, 11) is 0. The lowest BCUT2D eigenvalue weighted by atomic mass is 10.3. The Morgan fingerprint density at radius 1 is 1.12 bits per heavy atom. The van der Waals surface area contributed by atoms with Crippen LogP contribution in [0.5, 0.6) is 5.75 Å². The van der Waals surface area contributed by atoms with Crippen molar-refractivity contribution in [3.05, 3.63) is 71.0 Å². The minimum Gasteiger partial charge on any atom is -0.494 e. The molecule has 0 radical (unpaired) electrons. The van der Waals surface area contributed by atoms with Gasteiger partial charge >= 0.3 is 0 Å². The van der Waals surface area contributed by atoms with Crippen LogP contribution in [0.15, 0.2) is 60.3 Å². The number of rotatable bonds is 11. The van der Waals surface area contributed by atoms with Crippen LogP contribution >= 0.6 is 35.0 Å². The Morgan fingerprint density at radius 3 is 2.56 bits per heavy atom. The molecule has 34 heavy (non-hydrogen) atoms. The SMILES string of the molecule is C=CCn1c(CC(=O)Nc2ccc(OCC)cc2)nnc1SCC(=O)Nc1ccc(Cl)cc1Cl. The third-order valence-corrected chi connectivity index (χ3v) is 5.93. The number of thioether (sulfide) groups is 1. The van der Waals surface area contributed by atoms with E-state index in [1.165, 1.54) is 11.8 Å². The molecule has 11 heteroatoms. The van der Waals surface area contributed by atoms with Crippen molar-refractivity contribution in [1.82, 2.24) is 14.8 Å². The molecule has 0 saturated heterocycles. The van der Waals surface area contributed by atoms with Gasteiger partial charge in [0.1, 0.15) is 11.6 Å². The van der Waals surface area contributed by atoms with Crippen molar-refractivity contribution in [2.24, 2.45) is 0 Å². The van der Waals surface area contributed by atoms with Crippen molar-refractivity contribution in [3.63, 3.8) is 0 Å². The predicted molar refractivity (Wildman–Crippen MR) is 136 cm³/mol. The van der Waals surface area contributed by atoms with Gasteiger partial charge in [-0.25, -0.2) is 0 Å². The van der Waals surface area contributed by atoms with Crippen molar-refractivity contribution >= 4 is 58.2 Å². The lowest BCUT2D eigenvalue weighted by Gasteiger charge is -2.10. The Bertz CT molecular complexity index is 1170. The highest BCUT2D eigenvalue weighted by Gasteiger charge is 2.17. The summed E-state index contributed by atoms with van der Waals surface area (Å²) in [4.78, 5) is 24.9. The Morgan fingerprint density at radius 2 is 1.88 bits per heavy atom. The number of carbonyl (C=O) groups excluding carboxylic acids is 2. The fourth-order valence-corrected chi connectivity index (χ4v) is 4.15. The van der Waals surface area contributed by atoms with Crippen molar-refractivity contribution < 1.29 is 14.3 Å². The van der Waals surface area contributed by atoms with E-state index >= 15 is 0 Å². The molecule has 0 bridgehead atoms. The lowest BCUT2D eigenvalue weighted by Crippen LogP contribution is -2.18. The van der Waals surface area contributed by atoms with E-state index in [4.69, 9.17) is 27.9 Å². The molecular formula is C23H23Cl2N5O3S. The molecule has 0 spiro atoms. The van der Waals surface area contributed by atoms with E-state index < -0.39 is 0 Å². The summed E-state index contributed by atoms with van der Waals surface area (Å²) >= 11 is 13.2. The van der Waals surface area contributed by atoms with Crippen molar-refractivity contribution in [2.75, 3.05) is 23.0 Å². The zero-order valence-electron chi connectivity index (χ0n) is 18.4. The first-order chi connectivity index (χ1) is 16.4. The number of aromatic nitrogens is 3. The molecule has 0 atom stereocenters. The van der Waals surface area contributed by atoms with Crippen LogP contribution in [0.2, 0.25) is 10.0 Å². The lowest BCUT2D eigenvalue weighted by molar-refractivity contribution is -0.116. The van der Waals surface area contributed by atoms with E-state index in [1.807, 2.05) is 6.92 Å². The van der Waals surface area contributed by atoms with Crippen LogP contribution in [-0.2, 0) is 22.6 Å². The highest BCUT2D eigenvalue weighted by Crippen LogP contribution is 2.26. The molecule has 3 rings (SSSR count). The molecule has 178 valence electrons. The molecular weight excluding hydrogens is 497 g/mol. The van der Waals surface area contributed by atoms with E-state index in [-0.39, 0.29) is 24.0 Å². The fourth-order valence-electron chi connectivity index (χ4n) is 2.93. The molecule has 8 nitrogen and oxygen atoms in total. The Hall–Kier alpha value is -3.01. The van der Waals surface area contributed by atoms with Crippen LogP contribution in [0.25, 0.3) is 0 Å². The number of allylic oxidation sites excluding steroid dienone is 1. The zero-order chi connectivity index (χ0) is 24.5. The molecule has 2 N–H and O–H groups in total. The maximum absolute atomic E-state index is 12.5. The first kappa shape index (κ1) is 25.6. The summed E-state index contributed by atoms with van der Waals surface area (Å²) in [5.41, 5.74) is 1.12. The van der Waals surface area contributed by atoms with Crippen molar-refractivity contribution in [1.29, 1.82) is 0 Å². The number of anilines is 2. The standard InChI is InChI=1S/C23H23Cl2N5O3S/c1-3-11-30-20(13-21(31)26-16-6-8-17(9-7-16)33-4-2)28-29-23(30)34-14-22(32)27-19-10-5-15(24)12-18(19)25/h3,5-10,12H,1,4,11,13-14H2,2H3,(H,26,31)(H,27,32). The van der Waals surface area contributed by atoms with E-state index in [0.29, 0.717) is 45.6 Å². The van der Waals surface area contributed by atoms with Crippen LogP contribution in [0, 0.1) is 0 Å². The van der Waals surface area contributed by atoms with Gasteiger partial charge in [-0.3, -0.25) is 9.59 Å². The summed E-state index contributed by atoms with van der Waals surface area (Å²) in [6.45, 7) is 6.62. The first-order valence-corrected chi connectivity index (χ1v) is 12.1. The number of hydrogen-bond donors (Lipinski definition) is 2. The smallest absolute Gasteiger partial charge is 0.234 e. The third kappa shape index (κ3) is 7.24. The number of nitrogens with zero attached hydrogens (tertiary/aromatic N) is 3. The Balaban J connectivity index is 1.60. The van der Waals surface area contributed by atoms with Crippen LogP contribution < -0.4 is 15.4 Å². The molecule has 0 aliphatic rings. The van der Waals surface area contributed by atoms with Gasteiger partial charge < -0.3 is 19.9 Å². The summed E-state index contributed by atoms with van der Waals surface area (Å²) in [6, 6.07) is 11.9. The maximum Gasteiger partial charge on any atom is 0.234 e.